The first-order chi connectivity index (χ1) is 7.74. The van der Waals surface area contributed by atoms with Crippen molar-refractivity contribution in [2.75, 3.05) is 0 Å². The third-order valence-electron chi connectivity index (χ3n) is 2.39. The first-order valence-electron chi connectivity index (χ1n) is 7.37. The Morgan fingerprint density at radius 3 is 1.50 bits per heavy atom. The molecular formula is C16H36. The van der Waals surface area contributed by atoms with Crippen LogP contribution in [0.5, 0.6) is 0 Å². The van der Waals surface area contributed by atoms with Gasteiger partial charge in [0.05, 0.1) is 0 Å². The summed E-state index contributed by atoms with van der Waals surface area (Å²) in [6.45, 7) is 18.4. The summed E-state index contributed by atoms with van der Waals surface area (Å²) in [7, 11) is 0. The zero-order chi connectivity index (χ0) is 13.4. The molecule has 1 saturated carbocycles. The van der Waals surface area contributed by atoms with Crippen LogP contribution in [0.2, 0.25) is 0 Å². The molecule has 1 rings (SSSR count). The second kappa shape index (κ2) is 20.2. The highest BCUT2D eigenvalue weighted by Crippen LogP contribution is 2.28. The van der Waals surface area contributed by atoms with Gasteiger partial charge in [0.15, 0.2) is 0 Å². The van der Waals surface area contributed by atoms with Crippen LogP contribution in [-0.4, -0.2) is 0 Å². The zero-order valence-electron chi connectivity index (χ0n) is 13.0. The molecular weight excluding hydrogens is 192 g/mol. The summed E-state index contributed by atoms with van der Waals surface area (Å²) in [4.78, 5) is 0. The van der Waals surface area contributed by atoms with E-state index in [9.17, 15) is 0 Å². The fraction of sp³-hybridized carbons (Fsp3) is 0.875. The van der Waals surface area contributed by atoms with Gasteiger partial charge in [0.1, 0.15) is 0 Å². The molecule has 100 valence electrons. The molecule has 0 amide bonds. The lowest BCUT2D eigenvalue weighted by molar-refractivity contribution is 0.331. The lowest BCUT2D eigenvalue weighted by Gasteiger charge is -2.23. The second-order valence-electron chi connectivity index (χ2n) is 3.96. The minimum atomic E-state index is 0.834. The summed E-state index contributed by atoms with van der Waals surface area (Å²) in [6.07, 6.45) is 8.95. The Morgan fingerprint density at radius 1 is 0.938 bits per heavy atom. The monoisotopic (exact) mass is 228 g/mol. The van der Waals surface area contributed by atoms with E-state index in [2.05, 4.69) is 33.4 Å². The minimum absolute atomic E-state index is 0.834. The van der Waals surface area contributed by atoms with Crippen molar-refractivity contribution in [1.82, 2.24) is 0 Å². The SMILES string of the molecule is C=CC1CCC(C)CC1.CC.CC.CCC. The molecule has 0 aliphatic heterocycles. The van der Waals surface area contributed by atoms with Gasteiger partial charge in [-0.1, -0.05) is 73.8 Å². The highest BCUT2D eigenvalue weighted by molar-refractivity contribution is 4.82. The Kier molecular flexibility index (Phi) is 26.6. The smallest absolute Gasteiger partial charge is 0.0236 e. The summed E-state index contributed by atoms with van der Waals surface area (Å²) >= 11 is 0. The van der Waals surface area contributed by atoms with Gasteiger partial charge in [0.2, 0.25) is 0 Å². The Balaban J connectivity index is -0.000000206. The largest absolute Gasteiger partial charge is 0.103 e. The standard InChI is InChI=1S/C9H16.C3H8.2C2H6/c1-3-9-6-4-8(2)5-7-9;1-3-2;2*1-2/h3,8-9H,1,4-7H2,2H3;3H2,1-2H3;2*1-2H3. The Bertz CT molecular complexity index is 96.6. The zero-order valence-corrected chi connectivity index (χ0v) is 13.0. The molecule has 0 N–H and O–H groups in total. The summed E-state index contributed by atoms with van der Waals surface area (Å²) < 4.78 is 0. The van der Waals surface area contributed by atoms with E-state index in [1.54, 1.807) is 0 Å². The minimum Gasteiger partial charge on any atom is -0.103 e. The summed E-state index contributed by atoms with van der Waals surface area (Å²) in [6, 6.07) is 0. The van der Waals surface area contributed by atoms with Crippen molar-refractivity contribution in [1.29, 1.82) is 0 Å². The normalized spacial score (nSPS) is 22.2. The molecule has 0 aromatic heterocycles. The Hall–Kier alpha value is -0.260. The molecule has 0 saturated heterocycles. The van der Waals surface area contributed by atoms with Gasteiger partial charge in [-0.25, -0.2) is 0 Å². The van der Waals surface area contributed by atoms with E-state index in [1.165, 1.54) is 32.1 Å². The molecule has 0 aromatic rings. The fourth-order valence-corrected chi connectivity index (χ4v) is 1.52. The number of hydrogen-bond donors (Lipinski definition) is 0. The molecule has 16 heavy (non-hydrogen) atoms. The molecule has 0 nitrogen and oxygen atoms in total. The average molecular weight is 228 g/mol. The first kappa shape index (κ1) is 21.1. The molecule has 0 atom stereocenters. The molecule has 1 fully saturated rings. The third-order valence-corrected chi connectivity index (χ3v) is 2.39. The molecule has 0 heterocycles. The average Bonchev–Trinajstić information content (AvgIpc) is 2.36. The number of allylic oxidation sites excluding steroid dienone is 1. The maximum atomic E-state index is 3.81. The molecule has 0 heteroatoms. The van der Waals surface area contributed by atoms with E-state index in [0.29, 0.717) is 0 Å². The van der Waals surface area contributed by atoms with Crippen molar-refractivity contribution in [3.8, 4) is 0 Å². The number of rotatable bonds is 1. The molecule has 0 unspecified atom stereocenters. The van der Waals surface area contributed by atoms with E-state index in [-0.39, 0.29) is 0 Å². The lowest BCUT2D eigenvalue weighted by atomic mass is 9.83. The van der Waals surface area contributed by atoms with Crippen LogP contribution in [0.3, 0.4) is 0 Å². The Morgan fingerprint density at radius 2 is 1.25 bits per heavy atom. The van der Waals surface area contributed by atoms with E-state index in [0.717, 1.165) is 11.8 Å². The van der Waals surface area contributed by atoms with Gasteiger partial charge in [-0.15, -0.1) is 6.58 Å². The topological polar surface area (TPSA) is 0 Å². The quantitative estimate of drug-likeness (QED) is 0.451. The summed E-state index contributed by atoms with van der Waals surface area (Å²) in [5.74, 6) is 1.81. The first-order valence-corrected chi connectivity index (χ1v) is 7.37. The molecule has 0 radical (unpaired) electrons. The predicted octanol–water partition coefficient (Wildman–Crippen LogP) is 6.47. The van der Waals surface area contributed by atoms with Crippen LogP contribution in [0.15, 0.2) is 12.7 Å². The van der Waals surface area contributed by atoms with Crippen LogP contribution in [0.1, 0.15) is 80.6 Å². The van der Waals surface area contributed by atoms with Gasteiger partial charge in [0.25, 0.3) is 0 Å². The van der Waals surface area contributed by atoms with E-state index in [1.807, 2.05) is 27.7 Å². The number of hydrogen-bond acceptors (Lipinski definition) is 0. The van der Waals surface area contributed by atoms with Crippen LogP contribution >= 0.6 is 0 Å². The second-order valence-corrected chi connectivity index (χ2v) is 3.96. The summed E-state index contributed by atoms with van der Waals surface area (Å²) in [5.41, 5.74) is 0. The van der Waals surface area contributed by atoms with Crippen LogP contribution < -0.4 is 0 Å². The van der Waals surface area contributed by atoms with Crippen molar-refractivity contribution in [2.24, 2.45) is 11.8 Å². The maximum Gasteiger partial charge on any atom is -0.0236 e. The lowest BCUT2D eigenvalue weighted by Crippen LogP contribution is -2.09. The molecule has 0 aromatic carbocycles. The third kappa shape index (κ3) is 16.2. The van der Waals surface area contributed by atoms with Crippen LogP contribution in [-0.2, 0) is 0 Å². The van der Waals surface area contributed by atoms with Crippen LogP contribution in [0.4, 0.5) is 0 Å². The maximum absolute atomic E-state index is 3.81. The molecule has 0 bridgehead atoms. The van der Waals surface area contributed by atoms with E-state index >= 15 is 0 Å². The van der Waals surface area contributed by atoms with Crippen LogP contribution in [0.25, 0.3) is 0 Å². The van der Waals surface area contributed by atoms with Crippen molar-refractivity contribution in [3.05, 3.63) is 12.7 Å². The molecule has 0 spiro atoms. The van der Waals surface area contributed by atoms with Crippen molar-refractivity contribution >= 4 is 0 Å². The summed E-state index contributed by atoms with van der Waals surface area (Å²) in [5, 5.41) is 0. The van der Waals surface area contributed by atoms with E-state index in [4.69, 9.17) is 0 Å². The van der Waals surface area contributed by atoms with Gasteiger partial charge in [-0.05, 0) is 24.7 Å². The molecule has 1 aliphatic carbocycles. The fourth-order valence-electron chi connectivity index (χ4n) is 1.52. The van der Waals surface area contributed by atoms with Gasteiger partial charge in [-0.3, -0.25) is 0 Å². The highest BCUT2D eigenvalue weighted by Gasteiger charge is 2.14. The van der Waals surface area contributed by atoms with Crippen molar-refractivity contribution < 1.29 is 0 Å². The highest BCUT2D eigenvalue weighted by atomic mass is 14.2. The van der Waals surface area contributed by atoms with Gasteiger partial charge < -0.3 is 0 Å². The molecule has 1 aliphatic rings. The van der Waals surface area contributed by atoms with Gasteiger partial charge >= 0.3 is 0 Å². The van der Waals surface area contributed by atoms with Gasteiger partial charge in [-0.2, -0.15) is 0 Å². The van der Waals surface area contributed by atoms with Gasteiger partial charge in [0, 0.05) is 0 Å². The van der Waals surface area contributed by atoms with Crippen molar-refractivity contribution in [2.45, 2.75) is 80.6 Å². The predicted molar refractivity (Wildman–Crippen MR) is 80.0 cm³/mol. The Labute approximate surface area is 106 Å². The van der Waals surface area contributed by atoms with Crippen molar-refractivity contribution in [3.63, 3.8) is 0 Å². The van der Waals surface area contributed by atoms with Crippen LogP contribution in [0, 0.1) is 11.8 Å². The van der Waals surface area contributed by atoms with E-state index < -0.39 is 0 Å².